The fourth-order valence-electron chi connectivity index (χ4n) is 0.834. The summed E-state index contributed by atoms with van der Waals surface area (Å²) in [5.41, 5.74) is -0.985. The maximum atomic E-state index is 12.8. The molecule has 0 nitrogen and oxygen atoms in total. The van der Waals surface area contributed by atoms with Crippen LogP contribution in [-0.4, -0.2) is 5.67 Å². The number of allylic oxidation sites excluding steroid dienone is 1. The van der Waals surface area contributed by atoms with E-state index in [1.165, 1.54) is 0 Å². The molecule has 1 heteroatoms. The lowest BCUT2D eigenvalue weighted by molar-refractivity contribution is 0.196. The lowest BCUT2D eigenvalue weighted by atomic mass is 10.0. The summed E-state index contributed by atoms with van der Waals surface area (Å²) in [6, 6.07) is 0. The van der Waals surface area contributed by atoms with Crippen molar-refractivity contribution in [2.24, 2.45) is 0 Å². The molecule has 0 spiro atoms. The zero-order chi connectivity index (χ0) is 8.04. The number of hydrogen-bond donors (Lipinski definition) is 0. The van der Waals surface area contributed by atoms with Crippen LogP contribution in [0, 0.1) is 0 Å². The van der Waals surface area contributed by atoms with Gasteiger partial charge in [-0.3, -0.25) is 0 Å². The number of unbranched alkanes of at least 4 members (excludes halogenated alkanes) is 2. The minimum absolute atomic E-state index is 0.668. The highest BCUT2D eigenvalue weighted by atomic mass is 19.1. The molecule has 0 saturated carbocycles. The summed E-state index contributed by atoms with van der Waals surface area (Å²) in [6.45, 7) is 6.85. The van der Waals surface area contributed by atoms with Gasteiger partial charge in [0.2, 0.25) is 0 Å². The molecule has 0 aromatic carbocycles. The zero-order valence-electron chi connectivity index (χ0n) is 6.99. The number of halogens is 1. The third kappa shape index (κ3) is 7.67. The second-order valence-electron chi connectivity index (χ2n) is 3.25. The zero-order valence-corrected chi connectivity index (χ0v) is 6.99. The summed E-state index contributed by atoms with van der Waals surface area (Å²) in [6.07, 6.45) is 5.59. The van der Waals surface area contributed by atoms with E-state index in [0.717, 1.165) is 19.3 Å². The Morgan fingerprint density at radius 2 is 2.00 bits per heavy atom. The predicted molar refractivity (Wildman–Crippen MR) is 43.9 cm³/mol. The van der Waals surface area contributed by atoms with Crippen LogP contribution < -0.4 is 0 Å². The van der Waals surface area contributed by atoms with E-state index in [1.807, 2.05) is 6.08 Å². The second-order valence-corrected chi connectivity index (χ2v) is 3.25. The molecule has 0 radical (unpaired) electrons. The van der Waals surface area contributed by atoms with E-state index < -0.39 is 5.67 Å². The average Bonchev–Trinajstić information content (AvgIpc) is 1.78. The van der Waals surface area contributed by atoms with Gasteiger partial charge >= 0.3 is 0 Å². The Morgan fingerprint density at radius 3 is 2.40 bits per heavy atom. The highest BCUT2D eigenvalue weighted by Gasteiger charge is 2.13. The number of alkyl halides is 1. The van der Waals surface area contributed by atoms with E-state index in [1.54, 1.807) is 13.8 Å². The molecule has 0 aromatic rings. The van der Waals surface area contributed by atoms with Crippen molar-refractivity contribution < 1.29 is 4.39 Å². The molecule has 0 heterocycles. The second kappa shape index (κ2) is 4.48. The Morgan fingerprint density at radius 1 is 1.40 bits per heavy atom. The smallest absolute Gasteiger partial charge is 0.105 e. The average molecular weight is 144 g/mol. The molecule has 0 atom stereocenters. The topological polar surface area (TPSA) is 0 Å². The molecule has 0 fully saturated rings. The van der Waals surface area contributed by atoms with E-state index in [4.69, 9.17) is 0 Å². The van der Waals surface area contributed by atoms with Crippen LogP contribution >= 0.6 is 0 Å². The first kappa shape index (κ1) is 9.67. The van der Waals surface area contributed by atoms with E-state index in [0.29, 0.717) is 6.42 Å². The van der Waals surface area contributed by atoms with Crippen molar-refractivity contribution in [1.82, 2.24) is 0 Å². The molecule has 0 aliphatic rings. The lowest BCUT2D eigenvalue weighted by Gasteiger charge is -2.12. The third-order valence-electron chi connectivity index (χ3n) is 1.43. The van der Waals surface area contributed by atoms with Crippen LogP contribution in [0.5, 0.6) is 0 Å². The van der Waals surface area contributed by atoms with Crippen LogP contribution in [0.4, 0.5) is 4.39 Å². The van der Waals surface area contributed by atoms with Gasteiger partial charge in [-0.15, -0.1) is 6.58 Å². The van der Waals surface area contributed by atoms with Crippen LogP contribution in [0.25, 0.3) is 0 Å². The van der Waals surface area contributed by atoms with E-state index in [2.05, 4.69) is 6.58 Å². The van der Waals surface area contributed by atoms with Gasteiger partial charge in [-0.05, 0) is 39.5 Å². The molecule has 0 rings (SSSR count). The highest BCUT2D eigenvalue weighted by molar-refractivity contribution is 4.69. The minimum atomic E-state index is -0.985. The van der Waals surface area contributed by atoms with Crippen molar-refractivity contribution in [1.29, 1.82) is 0 Å². The van der Waals surface area contributed by atoms with Gasteiger partial charge in [0.15, 0.2) is 0 Å². The van der Waals surface area contributed by atoms with Crippen molar-refractivity contribution in [3.05, 3.63) is 12.7 Å². The van der Waals surface area contributed by atoms with Crippen LogP contribution in [0.2, 0.25) is 0 Å². The summed E-state index contributed by atoms with van der Waals surface area (Å²) < 4.78 is 12.8. The van der Waals surface area contributed by atoms with Crippen molar-refractivity contribution >= 4 is 0 Å². The van der Waals surface area contributed by atoms with E-state index in [9.17, 15) is 4.39 Å². The van der Waals surface area contributed by atoms with Gasteiger partial charge in [0.25, 0.3) is 0 Å². The van der Waals surface area contributed by atoms with Gasteiger partial charge in [-0.1, -0.05) is 6.08 Å². The Kier molecular flexibility index (Phi) is 4.33. The van der Waals surface area contributed by atoms with Crippen molar-refractivity contribution in [2.45, 2.75) is 45.2 Å². The Balaban J connectivity index is 3.12. The lowest BCUT2D eigenvalue weighted by Crippen LogP contribution is -2.10. The maximum Gasteiger partial charge on any atom is 0.105 e. The number of hydrogen-bond acceptors (Lipinski definition) is 0. The largest absolute Gasteiger partial charge is 0.245 e. The molecule has 0 N–H and O–H groups in total. The Hall–Kier alpha value is -0.330. The molecule has 0 bridgehead atoms. The SMILES string of the molecule is C=CCCCCC(C)(C)F. The van der Waals surface area contributed by atoms with Gasteiger partial charge < -0.3 is 0 Å². The van der Waals surface area contributed by atoms with Gasteiger partial charge in [0.05, 0.1) is 0 Å². The summed E-state index contributed by atoms with van der Waals surface area (Å²) in [7, 11) is 0. The van der Waals surface area contributed by atoms with Crippen molar-refractivity contribution in [3.63, 3.8) is 0 Å². The molecular weight excluding hydrogens is 127 g/mol. The summed E-state index contributed by atoms with van der Waals surface area (Å²) >= 11 is 0. The molecule has 0 aliphatic heterocycles. The Labute approximate surface area is 63.1 Å². The first-order valence-electron chi connectivity index (χ1n) is 3.86. The molecule has 60 valence electrons. The van der Waals surface area contributed by atoms with Crippen LogP contribution in [0.3, 0.4) is 0 Å². The maximum absolute atomic E-state index is 12.8. The minimum Gasteiger partial charge on any atom is -0.245 e. The molecule has 0 aromatic heterocycles. The van der Waals surface area contributed by atoms with E-state index >= 15 is 0 Å². The number of rotatable bonds is 5. The van der Waals surface area contributed by atoms with Gasteiger partial charge in [-0.2, -0.15) is 0 Å². The van der Waals surface area contributed by atoms with Crippen molar-refractivity contribution in [2.75, 3.05) is 0 Å². The Bertz CT molecular complexity index is 89.4. The summed E-state index contributed by atoms with van der Waals surface area (Å²) in [4.78, 5) is 0. The first-order chi connectivity index (χ1) is 4.56. The normalized spacial score (nSPS) is 11.5. The monoisotopic (exact) mass is 144 g/mol. The van der Waals surface area contributed by atoms with Crippen molar-refractivity contribution in [3.8, 4) is 0 Å². The van der Waals surface area contributed by atoms with Gasteiger partial charge in [0, 0.05) is 0 Å². The van der Waals surface area contributed by atoms with Crippen LogP contribution in [0.1, 0.15) is 39.5 Å². The molecule has 0 aliphatic carbocycles. The quantitative estimate of drug-likeness (QED) is 0.409. The fourth-order valence-corrected chi connectivity index (χ4v) is 0.834. The summed E-state index contributed by atoms with van der Waals surface area (Å²) in [5, 5.41) is 0. The first-order valence-corrected chi connectivity index (χ1v) is 3.86. The van der Waals surface area contributed by atoms with Crippen LogP contribution in [0.15, 0.2) is 12.7 Å². The molecule has 0 amide bonds. The highest BCUT2D eigenvalue weighted by Crippen LogP contribution is 2.17. The van der Waals surface area contributed by atoms with Gasteiger partial charge in [-0.25, -0.2) is 4.39 Å². The predicted octanol–water partition coefficient (Wildman–Crippen LogP) is 3.48. The van der Waals surface area contributed by atoms with Crippen LogP contribution in [-0.2, 0) is 0 Å². The molecule has 0 saturated heterocycles. The third-order valence-corrected chi connectivity index (χ3v) is 1.43. The fraction of sp³-hybridized carbons (Fsp3) is 0.778. The standard InChI is InChI=1S/C9H17F/c1-4-5-6-7-8-9(2,3)10/h4H,1,5-8H2,2-3H3. The molecule has 0 unspecified atom stereocenters. The molecular formula is C9H17F. The summed E-state index contributed by atoms with van der Waals surface area (Å²) in [5.74, 6) is 0. The molecule has 10 heavy (non-hydrogen) atoms. The van der Waals surface area contributed by atoms with E-state index in [-0.39, 0.29) is 0 Å². The van der Waals surface area contributed by atoms with Gasteiger partial charge in [0.1, 0.15) is 5.67 Å².